The van der Waals surface area contributed by atoms with Crippen LogP contribution in [0, 0.1) is 5.92 Å². The average molecular weight is 391 g/mol. The molecular formula is C22H21N3O4. The molecular weight excluding hydrogens is 370 g/mol. The molecule has 7 heteroatoms. The molecule has 0 saturated carbocycles. The number of likely N-dealkylation sites (tertiary alicyclic amines) is 1. The van der Waals surface area contributed by atoms with Gasteiger partial charge in [-0.1, -0.05) is 30.3 Å². The standard InChI is InChI=1S/C22H21N3O4/c1-13-11-15(19(27)14-5-3-2-4-6-14)8-10-25(13)22(29)20(28)16-12-24-21-18(16)17(26)7-9-23-21/h2-7,9,12-13,15H,8,10-11H2,1H3,(H2,23,24,26)/t13-,15?/m1/s1. The number of nitrogens with zero attached hydrogens (tertiary/aromatic N) is 1. The Morgan fingerprint density at radius 1 is 1.07 bits per heavy atom. The molecule has 2 N–H and O–H groups in total. The van der Waals surface area contributed by atoms with Crippen LogP contribution >= 0.6 is 0 Å². The molecule has 0 bridgehead atoms. The normalized spacial score (nSPS) is 19.3. The number of hydrogen-bond donors (Lipinski definition) is 2. The molecule has 1 fully saturated rings. The zero-order chi connectivity index (χ0) is 20.5. The number of amides is 1. The van der Waals surface area contributed by atoms with Crippen molar-refractivity contribution in [3.63, 3.8) is 0 Å². The number of piperidine rings is 1. The van der Waals surface area contributed by atoms with Crippen LogP contribution in [0.2, 0.25) is 0 Å². The average Bonchev–Trinajstić information content (AvgIpc) is 3.18. The summed E-state index contributed by atoms with van der Waals surface area (Å²) in [5, 5.41) is 0.188. The van der Waals surface area contributed by atoms with Crippen LogP contribution in [0.1, 0.15) is 40.5 Å². The molecule has 0 aliphatic carbocycles. The molecule has 1 amide bonds. The van der Waals surface area contributed by atoms with Crippen LogP contribution in [0.3, 0.4) is 0 Å². The van der Waals surface area contributed by atoms with Gasteiger partial charge in [-0.25, -0.2) is 0 Å². The van der Waals surface area contributed by atoms with E-state index in [1.165, 1.54) is 23.4 Å². The second-order valence-corrected chi connectivity index (χ2v) is 7.42. The van der Waals surface area contributed by atoms with Crippen molar-refractivity contribution in [1.82, 2.24) is 14.9 Å². The van der Waals surface area contributed by atoms with Crippen molar-refractivity contribution in [2.24, 2.45) is 5.92 Å². The molecule has 3 heterocycles. The Morgan fingerprint density at radius 2 is 1.83 bits per heavy atom. The summed E-state index contributed by atoms with van der Waals surface area (Å²) in [5.41, 5.74) is 0.824. The van der Waals surface area contributed by atoms with Gasteiger partial charge < -0.3 is 14.9 Å². The van der Waals surface area contributed by atoms with E-state index in [2.05, 4.69) is 9.97 Å². The number of benzene rings is 1. The van der Waals surface area contributed by atoms with Gasteiger partial charge in [0.25, 0.3) is 11.7 Å². The lowest BCUT2D eigenvalue weighted by Gasteiger charge is -2.36. The summed E-state index contributed by atoms with van der Waals surface area (Å²) in [6.07, 6.45) is 3.87. The number of aromatic amines is 2. The topological polar surface area (TPSA) is 103 Å². The Balaban J connectivity index is 1.51. The number of ketones is 2. The lowest BCUT2D eigenvalue weighted by atomic mass is 9.85. The minimum absolute atomic E-state index is 0.0686. The highest BCUT2D eigenvalue weighted by molar-refractivity contribution is 6.44. The molecule has 7 nitrogen and oxygen atoms in total. The van der Waals surface area contributed by atoms with Crippen LogP contribution in [0.4, 0.5) is 0 Å². The summed E-state index contributed by atoms with van der Waals surface area (Å²) in [6.45, 7) is 2.17. The van der Waals surface area contributed by atoms with Crippen molar-refractivity contribution in [2.45, 2.75) is 25.8 Å². The van der Waals surface area contributed by atoms with E-state index >= 15 is 0 Å². The third-order valence-electron chi connectivity index (χ3n) is 5.59. The maximum atomic E-state index is 12.9. The molecule has 3 aromatic rings. The maximum Gasteiger partial charge on any atom is 0.295 e. The zero-order valence-electron chi connectivity index (χ0n) is 16.0. The number of hydrogen-bond acceptors (Lipinski definition) is 4. The Hall–Kier alpha value is -3.48. The number of rotatable bonds is 4. The molecule has 1 unspecified atom stereocenters. The molecule has 4 rings (SSSR count). The summed E-state index contributed by atoms with van der Waals surface area (Å²) >= 11 is 0. The highest BCUT2D eigenvalue weighted by Gasteiger charge is 2.36. The maximum absolute atomic E-state index is 12.9. The van der Waals surface area contributed by atoms with Crippen molar-refractivity contribution < 1.29 is 14.4 Å². The van der Waals surface area contributed by atoms with E-state index < -0.39 is 11.7 Å². The van der Waals surface area contributed by atoms with Crippen LogP contribution in [0.25, 0.3) is 11.0 Å². The fourth-order valence-corrected chi connectivity index (χ4v) is 4.05. The smallest absolute Gasteiger partial charge is 0.295 e. The van der Waals surface area contributed by atoms with E-state index in [9.17, 15) is 19.2 Å². The van der Waals surface area contributed by atoms with Gasteiger partial charge in [0.2, 0.25) is 0 Å². The Kier molecular flexibility index (Phi) is 4.88. The minimum Gasteiger partial charge on any atom is -0.347 e. The first-order chi connectivity index (χ1) is 14.0. The second-order valence-electron chi connectivity index (χ2n) is 7.42. The first-order valence-corrected chi connectivity index (χ1v) is 9.60. The third kappa shape index (κ3) is 3.40. The lowest BCUT2D eigenvalue weighted by Crippen LogP contribution is -2.48. The van der Waals surface area contributed by atoms with Crippen molar-refractivity contribution >= 4 is 28.5 Å². The van der Waals surface area contributed by atoms with Crippen molar-refractivity contribution in [3.8, 4) is 0 Å². The molecule has 29 heavy (non-hydrogen) atoms. The molecule has 0 spiro atoms. The van der Waals surface area contributed by atoms with E-state index in [4.69, 9.17) is 0 Å². The van der Waals surface area contributed by atoms with Gasteiger partial charge in [0.1, 0.15) is 5.65 Å². The Labute approximate surface area is 166 Å². The Bertz CT molecular complexity index is 1150. The SMILES string of the molecule is C[C@@H]1CC(C(=O)c2ccccc2)CCN1C(=O)C(=O)c1c[nH]c2[nH]ccc(=O)c12. The first-order valence-electron chi connectivity index (χ1n) is 9.60. The second kappa shape index (κ2) is 7.50. The minimum atomic E-state index is -0.715. The fourth-order valence-electron chi connectivity index (χ4n) is 4.05. The van der Waals surface area contributed by atoms with E-state index in [1.54, 1.807) is 12.1 Å². The van der Waals surface area contributed by atoms with Gasteiger partial charge in [-0.15, -0.1) is 0 Å². The van der Waals surface area contributed by atoms with Crippen LogP contribution in [0.15, 0.2) is 53.6 Å². The molecule has 2 aromatic heterocycles. The van der Waals surface area contributed by atoms with Crippen molar-refractivity contribution in [3.05, 3.63) is 70.1 Å². The Morgan fingerprint density at radius 3 is 2.55 bits per heavy atom. The number of carbonyl (C=O) groups excluding carboxylic acids is 3. The summed E-state index contributed by atoms with van der Waals surface area (Å²) in [7, 11) is 0. The van der Waals surface area contributed by atoms with E-state index in [1.807, 2.05) is 25.1 Å². The van der Waals surface area contributed by atoms with Gasteiger partial charge in [0.15, 0.2) is 11.2 Å². The summed E-state index contributed by atoms with van der Waals surface area (Å²) in [6, 6.07) is 10.2. The molecule has 2 atom stereocenters. The third-order valence-corrected chi connectivity index (χ3v) is 5.59. The highest BCUT2D eigenvalue weighted by atomic mass is 16.2. The van der Waals surface area contributed by atoms with Crippen molar-refractivity contribution in [2.75, 3.05) is 6.54 Å². The molecule has 1 saturated heterocycles. The largest absolute Gasteiger partial charge is 0.347 e. The number of H-pyrrole nitrogens is 2. The van der Waals surface area contributed by atoms with E-state index in [0.717, 1.165) is 0 Å². The number of nitrogens with one attached hydrogen (secondary N) is 2. The van der Waals surface area contributed by atoms with Crippen molar-refractivity contribution in [1.29, 1.82) is 0 Å². The molecule has 1 aliphatic heterocycles. The summed E-state index contributed by atoms with van der Waals surface area (Å²) in [5.74, 6) is -1.47. The van der Waals surface area contributed by atoms with Gasteiger partial charge in [-0.05, 0) is 19.8 Å². The van der Waals surface area contributed by atoms with Crippen LogP contribution in [-0.2, 0) is 4.79 Å². The quantitative estimate of drug-likeness (QED) is 0.527. The highest BCUT2D eigenvalue weighted by Crippen LogP contribution is 2.27. The number of pyridine rings is 1. The number of aromatic nitrogens is 2. The number of Topliss-reactive ketones (excluding diaryl/α,β-unsaturated/α-hetero) is 2. The van der Waals surface area contributed by atoms with Crippen LogP contribution in [0.5, 0.6) is 0 Å². The van der Waals surface area contributed by atoms with Gasteiger partial charge in [-0.2, -0.15) is 0 Å². The zero-order valence-corrected chi connectivity index (χ0v) is 16.0. The van der Waals surface area contributed by atoms with Crippen LogP contribution < -0.4 is 5.43 Å². The summed E-state index contributed by atoms with van der Waals surface area (Å²) < 4.78 is 0. The van der Waals surface area contributed by atoms with E-state index in [0.29, 0.717) is 30.6 Å². The fraction of sp³-hybridized carbons (Fsp3) is 0.273. The lowest BCUT2D eigenvalue weighted by molar-refractivity contribution is -0.130. The van der Waals surface area contributed by atoms with Gasteiger partial charge >= 0.3 is 0 Å². The molecule has 0 radical (unpaired) electrons. The van der Waals surface area contributed by atoms with E-state index in [-0.39, 0.29) is 34.1 Å². The molecule has 148 valence electrons. The molecule has 1 aromatic carbocycles. The molecule has 1 aliphatic rings. The number of carbonyl (C=O) groups is 3. The summed E-state index contributed by atoms with van der Waals surface area (Å²) in [4.78, 5) is 57.7. The first kappa shape index (κ1) is 18.9. The van der Waals surface area contributed by atoms with Crippen LogP contribution in [-0.4, -0.2) is 44.9 Å². The van der Waals surface area contributed by atoms with Gasteiger partial charge in [0.05, 0.1) is 10.9 Å². The van der Waals surface area contributed by atoms with Gasteiger partial charge in [-0.3, -0.25) is 19.2 Å². The predicted octanol–water partition coefficient (Wildman–Crippen LogP) is 2.55. The monoisotopic (exact) mass is 391 g/mol. The predicted molar refractivity (Wildman–Crippen MR) is 108 cm³/mol. The number of fused-ring (bicyclic) bond motifs is 1. The van der Waals surface area contributed by atoms with Gasteiger partial charge in [0, 0.05) is 42.5 Å².